The van der Waals surface area contributed by atoms with Gasteiger partial charge in [-0.2, -0.15) is 0 Å². The Kier molecular flexibility index (Phi) is 6.74. The molecule has 0 saturated heterocycles. The van der Waals surface area contributed by atoms with Crippen LogP contribution in [0.25, 0.3) is 0 Å². The van der Waals surface area contributed by atoms with E-state index in [1.165, 1.54) is 13.2 Å². The number of carboxylic acid groups (broad SMARTS) is 1. The number of alkyl carbamates (subject to hydrolysis) is 1. The zero-order valence-corrected chi connectivity index (χ0v) is 13.1. The highest BCUT2D eigenvalue weighted by atomic mass is 79.9. The van der Waals surface area contributed by atoms with Crippen molar-refractivity contribution >= 4 is 28.0 Å². The summed E-state index contributed by atoms with van der Waals surface area (Å²) in [6.07, 6.45) is 0.464. The Morgan fingerprint density at radius 1 is 1.52 bits per heavy atom. The Bertz CT molecular complexity index is 532. The molecule has 6 nitrogen and oxygen atoms in total. The number of aliphatic carboxylic acids is 1. The van der Waals surface area contributed by atoms with Gasteiger partial charge in [0.1, 0.15) is 12.4 Å². The van der Waals surface area contributed by atoms with Gasteiger partial charge in [0.15, 0.2) is 0 Å². The lowest BCUT2D eigenvalue weighted by atomic mass is 10.0. The lowest BCUT2D eigenvalue weighted by Crippen LogP contribution is -2.30. The molecule has 0 bridgehead atoms. The SMILES string of the molecule is C=CCOC(=O)NC(CC(=O)O)c1ccc(OC)c(Br)c1. The van der Waals surface area contributed by atoms with Crippen LogP contribution in [0.2, 0.25) is 0 Å². The van der Waals surface area contributed by atoms with E-state index in [4.69, 9.17) is 14.6 Å². The van der Waals surface area contributed by atoms with Crippen molar-refractivity contribution in [3.8, 4) is 5.75 Å². The number of carbonyl (C=O) groups is 2. The van der Waals surface area contributed by atoms with Gasteiger partial charge in [-0.25, -0.2) is 4.79 Å². The van der Waals surface area contributed by atoms with Crippen molar-refractivity contribution in [2.24, 2.45) is 0 Å². The van der Waals surface area contributed by atoms with Crippen LogP contribution in [0, 0.1) is 0 Å². The van der Waals surface area contributed by atoms with Crippen molar-refractivity contribution < 1.29 is 24.2 Å². The van der Waals surface area contributed by atoms with Gasteiger partial charge in [-0.05, 0) is 33.6 Å². The van der Waals surface area contributed by atoms with E-state index in [0.29, 0.717) is 15.8 Å². The molecule has 0 aromatic heterocycles. The van der Waals surface area contributed by atoms with E-state index in [9.17, 15) is 9.59 Å². The Labute approximate surface area is 130 Å². The summed E-state index contributed by atoms with van der Waals surface area (Å²) in [6, 6.07) is 4.36. The Morgan fingerprint density at radius 3 is 2.76 bits per heavy atom. The van der Waals surface area contributed by atoms with E-state index in [1.54, 1.807) is 18.2 Å². The van der Waals surface area contributed by atoms with Gasteiger partial charge in [0.25, 0.3) is 0 Å². The molecule has 1 unspecified atom stereocenters. The number of carbonyl (C=O) groups excluding carboxylic acids is 1. The molecule has 0 fully saturated rings. The van der Waals surface area contributed by atoms with Crippen LogP contribution in [0.1, 0.15) is 18.0 Å². The van der Waals surface area contributed by atoms with Crippen LogP contribution in [-0.2, 0) is 9.53 Å². The van der Waals surface area contributed by atoms with E-state index in [2.05, 4.69) is 27.8 Å². The first-order valence-corrected chi connectivity index (χ1v) is 6.86. The topological polar surface area (TPSA) is 84.9 Å². The van der Waals surface area contributed by atoms with Crippen molar-refractivity contribution in [3.05, 3.63) is 40.9 Å². The average molecular weight is 358 g/mol. The molecule has 1 aromatic rings. The monoisotopic (exact) mass is 357 g/mol. The van der Waals surface area contributed by atoms with Gasteiger partial charge in [-0.3, -0.25) is 4.79 Å². The molecule has 1 atom stereocenters. The summed E-state index contributed by atoms with van der Waals surface area (Å²) in [5.41, 5.74) is 0.626. The van der Waals surface area contributed by atoms with Crippen LogP contribution in [0.3, 0.4) is 0 Å². The van der Waals surface area contributed by atoms with Gasteiger partial charge in [-0.15, -0.1) is 0 Å². The summed E-state index contributed by atoms with van der Waals surface area (Å²) in [5, 5.41) is 11.5. The molecule has 7 heteroatoms. The first kappa shape index (κ1) is 17.0. The van der Waals surface area contributed by atoms with Gasteiger partial charge in [0.05, 0.1) is 24.0 Å². The summed E-state index contributed by atoms with van der Waals surface area (Å²) < 4.78 is 10.6. The Hall–Kier alpha value is -2.02. The molecular formula is C14H16BrNO5. The second-order valence-electron chi connectivity index (χ2n) is 4.08. The number of nitrogens with one attached hydrogen (secondary N) is 1. The highest BCUT2D eigenvalue weighted by Crippen LogP contribution is 2.29. The lowest BCUT2D eigenvalue weighted by Gasteiger charge is -2.18. The average Bonchev–Trinajstić information content (AvgIpc) is 2.43. The molecule has 0 aliphatic carbocycles. The number of benzene rings is 1. The third-order valence-electron chi connectivity index (χ3n) is 2.58. The third kappa shape index (κ3) is 5.47. The Balaban J connectivity index is 2.91. The number of methoxy groups -OCH3 is 1. The predicted molar refractivity (Wildman–Crippen MR) is 80.4 cm³/mol. The maximum absolute atomic E-state index is 11.6. The smallest absolute Gasteiger partial charge is 0.407 e. The van der Waals surface area contributed by atoms with Gasteiger partial charge >= 0.3 is 12.1 Å². The van der Waals surface area contributed by atoms with E-state index < -0.39 is 18.1 Å². The van der Waals surface area contributed by atoms with Crippen molar-refractivity contribution in [3.63, 3.8) is 0 Å². The standard InChI is InChI=1S/C14H16BrNO5/c1-3-6-21-14(19)16-11(8-13(17)18)9-4-5-12(20-2)10(15)7-9/h3-5,7,11H,1,6,8H2,2H3,(H,16,19)(H,17,18). The number of carboxylic acids is 1. The molecule has 0 radical (unpaired) electrons. The van der Waals surface area contributed by atoms with Crippen LogP contribution >= 0.6 is 15.9 Å². The van der Waals surface area contributed by atoms with Crippen molar-refractivity contribution in [2.45, 2.75) is 12.5 Å². The minimum atomic E-state index is -1.03. The molecular weight excluding hydrogens is 342 g/mol. The molecule has 1 amide bonds. The second kappa shape index (κ2) is 8.31. The first-order chi connectivity index (χ1) is 9.97. The summed E-state index contributed by atoms with van der Waals surface area (Å²) in [4.78, 5) is 22.5. The van der Waals surface area contributed by atoms with Crippen molar-refractivity contribution in [2.75, 3.05) is 13.7 Å². The van der Waals surface area contributed by atoms with E-state index in [-0.39, 0.29) is 13.0 Å². The molecule has 0 heterocycles. The molecule has 2 N–H and O–H groups in total. The summed E-state index contributed by atoms with van der Waals surface area (Å²) in [7, 11) is 1.53. The summed E-state index contributed by atoms with van der Waals surface area (Å²) >= 11 is 3.32. The highest BCUT2D eigenvalue weighted by molar-refractivity contribution is 9.10. The zero-order valence-electron chi connectivity index (χ0n) is 11.5. The van der Waals surface area contributed by atoms with Gasteiger partial charge in [0, 0.05) is 0 Å². The van der Waals surface area contributed by atoms with Crippen LogP contribution in [-0.4, -0.2) is 30.9 Å². The fourth-order valence-electron chi connectivity index (χ4n) is 1.64. The number of ether oxygens (including phenoxy) is 2. The molecule has 1 aromatic carbocycles. The summed E-state index contributed by atoms with van der Waals surface area (Å²) in [5.74, 6) is -0.418. The lowest BCUT2D eigenvalue weighted by molar-refractivity contribution is -0.137. The minimum Gasteiger partial charge on any atom is -0.496 e. The molecule has 114 valence electrons. The fourth-order valence-corrected chi connectivity index (χ4v) is 2.20. The second-order valence-corrected chi connectivity index (χ2v) is 4.93. The van der Waals surface area contributed by atoms with Crippen molar-refractivity contribution in [1.82, 2.24) is 5.32 Å². The van der Waals surface area contributed by atoms with Crippen molar-refractivity contribution in [1.29, 1.82) is 0 Å². The first-order valence-electron chi connectivity index (χ1n) is 6.07. The number of amides is 1. The molecule has 21 heavy (non-hydrogen) atoms. The predicted octanol–water partition coefficient (Wildman–Crippen LogP) is 2.89. The van der Waals surface area contributed by atoms with Crippen LogP contribution < -0.4 is 10.1 Å². The van der Waals surface area contributed by atoms with Crippen LogP contribution in [0.5, 0.6) is 5.75 Å². The summed E-state index contributed by atoms with van der Waals surface area (Å²) in [6.45, 7) is 3.48. The van der Waals surface area contributed by atoms with Gasteiger partial charge in [-0.1, -0.05) is 18.7 Å². The van der Waals surface area contributed by atoms with E-state index >= 15 is 0 Å². The number of halogens is 1. The molecule has 1 rings (SSSR count). The molecule has 0 saturated carbocycles. The fraction of sp³-hybridized carbons (Fsp3) is 0.286. The highest BCUT2D eigenvalue weighted by Gasteiger charge is 2.19. The molecule has 0 aliphatic rings. The largest absolute Gasteiger partial charge is 0.496 e. The van der Waals surface area contributed by atoms with Crippen LogP contribution in [0.15, 0.2) is 35.3 Å². The van der Waals surface area contributed by atoms with Crippen LogP contribution in [0.4, 0.5) is 4.79 Å². The third-order valence-corrected chi connectivity index (χ3v) is 3.20. The maximum Gasteiger partial charge on any atom is 0.407 e. The van der Waals surface area contributed by atoms with E-state index in [0.717, 1.165) is 0 Å². The Morgan fingerprint density at radius 2 is 2.24 bits per heavy atom. The zero-order chi connectivity index (χ0) is 15.8. The molecule has 0 aliphatic heterocycles. The molecule has 0 spiro atoms. The number of hydrogen-bond donors (Lipinski definition) is 2. The van der Waals surface area contributed by atoms with Gasteiger partial charge < -0.3 is 19.9 Å². The number of hydrogen-bond acceptors (Lipinski definition) is 4. The normalized spacial score (nSPS) is 11.3. The maximum atomic E-state index is 11.6. The van der Waals surface area contributed by atoms with E-state index in [1.807, 2.05) is 0 Å². The minimum absolute atomic E-state index is 0.0535. The quantitative estimate of drug-likeness (QED) is 0.732. The number of rotatable bonds is 7. The van der Waals surface area contributed by atoms with Gasteiger partial charge in [0.2, 0.25) is 0 Å².